The Hall–Kier alpha value is -2.48. The van der Waals surface area contributed by atoms with Gasteiger partial charge in [0.15, 0.2) is 0 Å². The van der Waals surface area contributed by atoms with Gasteiger partial charge in [0.25, 0.3) is 0 Å². The summed E-state index contributed by atoms with van der Waals surface area (Å²) in [5.74, 6) is -2.70. The molecule has 3 aromatic rings. The zero-order valence-corrected chi connectivity index (χ0v) is 13.5. The molecule has 2 N–H and O–H groups in total. The molecule has 0 spiro atoms. The molecule has 0 amide bonds. The Morgan fingerprint density at radius 2 is 1.75 bits per heavy atom. The summed E-state index contributed by atoms with van der Waals surface area (Å²) in [5.41, 5.74) is 2.37. The third-order valence-electron chi connectivity index (χ3n) is 3.62. The summed E-state index contributed by atoms with van der Waals surface area (Å²) in [6.07, 6.45) is 0. The molecule has 0 aliphatic heterocycles. The number of fused-ring (bicyclic) bond motifs is 1. The van der Waals surface area contributed by atoms with E-state index in [1.807, 2.05) is 31.2 Å². The number of hydrogen-bond acceptors (Lipinski definition) is 4. The van der Waals surface area contributed by atoms with Gasteiger partial charge in [0.1, 0.15) is 5.82 Å². The van der Waals surface area contributed by atoms with E-state index in [4.69, 9.17) is 0 Å². The lowest BCUT2D eigenvalue weighted by Gasteiger charge is -2.13. The number of halogens is 2. The van der Waals surface area contributed by atoms with Crippen molar-refractivity contribution in [2.24, 2.45) is 0 Å². The van der Waals surface area contributed by atoms with Crippen molar-refractivity contribution in [1.82, 2.24) is 9.97 Å². The van der Waals surface area contributed by atoms with Crippen molar-refractivity contribution >= 4 is 26.6 Å². The summed E-state index contributed by atoms with van der Waals surface area (Å²) in [6.45, 7) is 1.89. The van der Waals surface area contributed by atoms with E-state index in [0.717, 1.165) is 29.0 Å². The molecule has 1 aromatic heterocycles. The van der Waals surface area contributed by atoms with Crippen molar-refractivity contribution < 1.29 is 17.2 Å². The van der Waals surface area contributed by atoms with Gasteiger partial charge in [-0.1, -0.05) is 12.1 Å². The summed E-state index contributed by atoms with van der Waals surface area (Å²) in [6, 6.07) is 12.7. The number of sulfone groups is 1. The fourth-order valence-corrected chi connectivity index (χ4v) is 3.06. The van der Waals surface area contributed by atoms with Crippen LogP contribution in [0.5, 0.6) is 0 Å². The highest BCUT2D eigenvalue weighted by Gasteiger charge is 2.26. The van der Waals surface area contributed by atoms with Gasteiger partial charge in [-0.3, -0.25) is 0 Å². The van der Waals surface area contributed by atoms with Gasteiger partial charge in [-0.05, 0) is 43.3 Å². The Balaban J connectivity index is 1.78. The van der Waals surface area contributed by atoms with Crippen molar-refractivity contribution in [2.75, 3.05) is 5.32 Å². The molecule has 0 bridgehead atoms. The molecule has 1 heterocycles. The second kappa shape index (κ2) is 6.20. The van der Waals surface area contributed by atoms with E-state index in [9.17, 15) is 17.2 Å². The van der Waals surface area contributed by atoms with Crippen LogP contribution in [0, 0.1) is 0 Å². The van der Waals surface area contributed by atoms with Crippen molar-refractivity contribution in [1.29, 1.82) is 0 Å². The first-order chi connectivity index (χ1) is 11.4. The molecule has 0 aliphatic carbocycles. The summed E-state index contributed by atoms with van der Waals surface area (Å²) in [4.78, 5) is 7.27. The molecule has 8 heteroatoms. The summed E-state index contributed by atoms with van der Waals surface area (Å²) < 4.78 is 47.8. The highest BCUT2D eigenvalue weighted by atomic mass is 32.2. The third-order valence-corrected chi connectivity index (χ3v) is 5.02. The van der Waals surface area contributed by atoms with E-state index in [2.05, 4.69) is 15.3 Å². The average Bonchev–Trinajstić information content (AvgIpc) is 2.99. The first-order valence-corrected chi connectivity index (χ1v) is 8.76. The van der Waals surface area contributed by atoms with Crippen LogP contribution in [0.15, 0.2) is 53.4 Å². The number of nitrogens with zero attached hydrogens (tertiary/aromatic N) is 1. The van der Waals surface area contributed by atoms with Gasteiger partial charge in [0.2, 0.25) is 9.84 Å². The monoisotopic (exact) mass is 351 g/mol. The smallest absolute Gasteiger partial charge is 0.341 e. The lowest BCUT2D eigenvalue weighted by molar-refractivity contribution is 0.234. The van der Waals surface area contributed by atoms with Gasteiger partial charge in [0.05, 0.1) is 22.0 Å². The van der Waals surface area contributed by atoms with Crippen LogP contribution < -0.4 is 5.32 Å². The summed E-state index contributed by atoms with van der Waals surface area (Å²) >= 11 is 0. The Morgan fingerprint density at radius 1 is 1.08 bits per heavy atom. The first-order valence-electron chi connectivity index (χ1n) is 7.21. The number of alkyl halides is 2. The molecular weight excluding hydrogens is 336 g/mol. The maximum absolute atomic E-state index is 12.5. The van der Waals surface area contributed by atoms with Crippen molar-refractivity contribution in [3.8, 4) is 0 Å². The highest BCUT2D eigenvalue weighted by Crippen LogP contribution is 2.23. The molecule has 3 rings (SSSR count). The summed E-state index contributed by atoms with van der Waals surface area (Å²) in [7, 11) is -4.57. The molecule has 126 valence electrons. The van der Waals surface area contributed by atoms with Crippen molar-refractivity contribution in [3.63, 3.8) is 0 Å². The van der Waals surface area contributed by atoms with Crippen LogP contribution >= 0.6 is 0 Å². The molecule has 0 aliphatic rings. The number of nitrogens with one attached hydrogen (secondary N) is 2. The molecule has 0 saturated heterocycles. The van der Waals surface area contributed by atoms with Crippen LogP contribution in [-0.4, -0.2) is 24.1 Å². The summed E-state index contributed by atoms with van der Waals surface area (Å²) in [5, 5.41) is 3.15. The van der Waals surface area contributed by atoms with Gasteiger partial charge >= 0.3 is 5.76 Å². The number of aromatic amines is 1. The predicted octanol–water partition coefficient (Wildman–Crippen LogP) is 3.73. The number of anilines is 1. The Kier molecular flexibility index (Phi) is 4.23. The molecule has 0 saturated carbocycles. The van der Waals surface area contributed by atoms with Crippen LogP contribution in [0.4, 0.5) is 14.5 Å². The Morgan fingerprint density at radius 3 is 2.38 bits per heavy atom. The number of para-hydroxylation sites is 2. The topological polar surface area (TPSA) is 74.8 Å². The Bertz CT molecular complexity index is 920. The number of benzene rings is 2. The van der Waals surface area contributed by atoms with Gasteiger partial charge in [0, 0.05) is 5.69 Å². The first kappa shape index (κ1) is 16.4. The van der Waals surface area contributed by atoms with E-state index in [1.54, 1.807) is 0 Å². The molecule has 24 heavy (non-hydrogen) atoms. The third kappa shape index (κ3) is 3.09. The standard InChI is InChI=1S/C16H15F2N3O2S/c1-10(15-20-13-4-2-3-5-14(13)21-15)19-11-6-8-12(9-7-11)24(22,23)16(17)18/h2-10,16,19H,1H3,(H,20,21). The van der Waals surface area contributed by atoms with E-state index < -0.39 is 20.5 Å². The zero-order chi connectivity index (χ0) is 17.3. The van der Waals surface area contributed by atoms with Crippen LogP contribution in [0.25, 0.3) is 11.0 Å². The zero-order valence-electron chi connectivity index (χ0n) is 12.7. The molecule has 2 aromatic carbocycles. The van der Waals surface area contributed by atoms with Crippen molar-refractivity contribution in [3.05, 3.63) is 54.4 Å². The number of imidazole rings is 1. The largest absolute Gasteiger partial charge is 0.375 e. The van der Waals surface area contributed by atoms with E-state index in [-0.39, 0.29) is 6.04 Å². The maximum atomic E-state index is 12.5. The minimum Gasteiger partial charge on any atom is -0.375 e. The quantitative estimate of drug-likeness (QED) is 0.734. The van der Waals surface area contributed by atoms with Gasteiger partial charge < -0.3 is 10.3 Å². The molecular formula is C16H15F2N3O2S. The minimum atomic E-state index is -4.57. The number of hydrogen-bond donors (Lipinski definition) is 2. The lowest BCUT2D eigenvalue weighted by Crippen LogP contribution is -2.12. The minimum absolute atomic E-state index is 0.171. The van der Waals surface area contributed by atoms with Crippen LogP contribution in [-0.2, 0) is 9.84 Å². The molecule has 5 nitrogen and oxygen atoms in total. The molecule has 1 atom stereocenters. The Labute approximate surface area is 137 Å². The van der Waals surface area contributed by atoms with Gasteiger partial charge in [-0.15, -0.1) is 0 Å². The van der Waals surface area contributed by atoms with Gasteiger partial charge in [-0.25, -0.2) is 13.4 Å². The van der Waals surface area contributed by atoms with Crippen LogP contribution in [0.2, 0.25) is 0 Å². The SMILES string of the molecule is CC(Nc1ccc(S(=O)(=O)C(F)F)cc1)c1nc2ccccc2[nH]1. The van der Waals surface area contributed by atoms with Crippen molar-refractivity contribution in [2.45, 2.75) is 23.6 Å². The van der Waals surface area contributed by atoms with E-state index in [1.165, 1.54) is 12.1 Å². The maximum Gasteiger partial charge on any atom is 0.341 e. The van der Waals surface area contributed by atoms with E-state index >= 15 is 0 Å². The molecule has 0 radical (unpaired) electrons. The average molecular weight is 351 g/mol. The highest BCUT2D eigenvalue weighted by molar-refractivity contribution is 7.91. The molecule has 0 fully saturated rings. The second-order valence-corrected chi connectivity index (χ2v) is 7.25. The number of rotatable bonds is 5. The predicted molar refractivity (Wildman–Crippen MR) is 87.8 cm³/mol. The normalized spacial score (nSPS) is 13.3. The number of aromatic nitrogens is 2. The van der Waals surface area contributed by atoms with Gasteiger partial charge in [-0.2, -0.15) is 8.78 Å². The fraction of sp³-hybridized carbons (Fsp3) is 0.188. The lowest BCUT2D eigenvalue weighted by atomic mass is 10.2. The fourth-order valence-electron chi connectivity index (χ4n) is 2.34. The van der Waals surface area contributed by atoms with Crippen LogP contribution in [0.1, 0.15) is 18.8 Å². The van der Waals surface area contributed by atoms with E-state index in [0.29, 0.717) is 5.69 Å². The molecule has 1 unspecified atom stereocenters. The number of H-pyrrole nitrogens is 1. The van der Waals surface area contributed by atoms with Crippen LogP contribution in [0.3, 0.4) is 0 Å². The second-order valence-electron chi connectivity index (χ2n) is 5.34.